The van der Waals surface area contributed by atoms with Gasteiger partial charge in [0.05, 0.1) is 0 Å². The van der Waals surface area contributed by atoms with Gasteiger partial charge in [0, 0.05) is 19.5 Å². The molecule has 0 aromatic carbocycles. The molecular formula is C13H22N2O3. The van der Waals surface area contributed by atoms with Crippen LogP contribution in [0.1, 0.15) is 39.0 Å². The number of carboxylic acid groups (broad SMARTS) is 1. The average Bonchev–Trinajstić information content (AvgIpc) is 2.78. The third-order valence-electron chi connectivity index (χ3n) is 3.00. The number of nitrogens with one attached hydrogen (secondary N) is 2. The summed E-state index contributed by atoms with van der Waals surface area (Å²) in [7, 11) is 0. The van der Waals surface area contributed by atoms with Crippen molar-refractivity contribution in [2.75, 3.05) is 13.1 Å². The number of carbonyl (C=O) groups is 2. The number of aliphatic carboxylic acids is 1. The Morgan fingerprint density at radius 3 is 2.83 bits per heavy atom. The van der Waals surface area contributed by atoms with Crippen LogP contribution in [0.3, 0.4) is 0 Å². The van der Waals surface area contributed by atoms with Crippen LogP contribution in [0, 0.1) is 5.92 Å². The summed E-state index contributed by atoms with van der Waals surface area (Å²) in [5, 5.41) is 14.0. The van der Waals surface area contributed by atoms with Crippen LogP contribution >= 0.6 is 0 Å². The van der Waals surface area contributed by atoms with Gasteiger partial charge in [-0.2, -0.15) is 0 Å². The molecule has 2 amide bonds. The van der Waals surface area contributed by atoms with Crippen molar-refractivity contribution in [3.63, 3.8) is 0 Å². The summed E-state index contributed by atoms with van der Waals surface area (Å²) >= 11 is 0. The molecule has 3 N–H and O–H groups in total. The lowest BCUT2D eigenvalue weighted by molar-refractivity contribution is -0.137. The van der Waals surface area contributed by atoms with E-state index in [0.29, 0.717) is 13.1 Å². The Kier molecular flexibility index (Phi) is 6.25. The fourth-order valence-corrected chi connectivity index (χ4v) is 2.00. The van der Waals surface area contributed by atoms with E-state index >= 15 is 0 Å². The molecule has 18 heavy (non-hydrogen) atoms. The first-order valence-electron chi connectivity index (χ1n) is 6.49. The van der Waals surface area contributed by atoms with Gasteiger partial charge in [0.25, 0.3) is 0 Å². The molecule has 0 bridgehead atoms. The summed E-state index contributed by atoms with van der Waals surface area (Å²) in [4.78, 5) is 21.9. The van der Waals surface area contributed by atoms with Gasteiger partial charge in [-0.3, -0.25) is 4.79 Å². The third kappa shape index (κ3) is 6.27. The highest BCUT2D eigenvalue weighted by atomic mass is 16.4. The zero-order chi connectivity index (χ0) is 13.4. The van der Waals surface area contributed by atoms with Crippen molar-refractivity contribution in [3.8, 4) is 0 Å². The highest BCUT2D eigenvalue weighted by Gasteiger charge is 2.09. The van der Waals surface area contributed by atoms with E-state index in [1.165, 1.54) is 12.0 Å². The number of amides is 2. The molecule has 0 saturated carbocycles. The SMILES string of the molecule is CC(CNC(=O)NCCC1=CCCC1)CC(=O)O. The number of hydrogen-bond donors (Lipinski definition) is 3. The van der Waals surface area contributed by atoms with Crippen molar-refractivity contribution < 1.29 is 14.7 Å². The van der Waals surface area contributed by atoms with Crippen molar-refractivity contribution in [2.45, 2.75) is 39.0 Å². The summed E-state index contributed by atoms with van der Waals surface area (Å²) in [6.07, 6.45) is 6.78. The fraction of sp³-hybridized carbons (Fsp3) is 0.692. The summed E-state index contributed by atoms with van der Waals surface area (Å²) in [6.45, 7) is 2.84. The number of rotatable bonds is 7. The Morgan fingerprint density at radius 2 is 2.22 bits per heavy atom. The standard InChI is InChI=1S/C13H22N2O3/c1-10(8-12(16)17)9-15-13(18)14-7-6-11-4-2-3-5-11/h4,10H,2-3,5-9H2,1H3,(H,16,17)(H2,14,15,18). The predicted molar refractivity (Wildman–Crippen MR) is 69.4 cm³/mol. The molecular weight excluding hydrogens is 232 g/mol. The third-order valence-corrected chi connectivity index (χ3v) is 3.00. The summed E-state index contributed by atoms with van der Waals surface area (Å²) in [5.74, 6) is -0.885. The monoisotopic (exact) mass is 254 g/mol. The van der Waals surface area contributed by atoms with E-state index in [1.807, 2.05) is 0 Å². The first-order chi connectivity index (χ1) is 8.58. The van der Waals surface area contributed by atoms with Gasteiger partial charge in [-0.05, 0) is 31.6 Å². The zero-order valence-corrected chi connectivity index (χ0v) is 10.9. The smallest absolute Gasteiger partial charge is 0.314 e. The maximum atomic E-state index is 11.4. The lowest BCUT2D eigenvalue weighted by atomic mass is 10.1. The second-order valence-electron chi connectivity index (χ2n) is 4.84. The molecule has 0 aromatic heterocycles. The van der Waals surface area contributed by atoms with Gasteiger partial charge >= 0.3 is 12.0 Å². The first kappa shape index (κ1) is 14.5. The second-order valence-corrected chi connectivity index (χ2v) is 4.84. The minimum atomic E-state index is -0.835. The van der Waals surface area contributed by atoms with Crippen LogP contribution in [-0.4, -0.2) is 30.2 Å². The number of urea groups is 1. The molecule has 0 radical (unpaired) electrons. The summed E-state index contributed by atoms with van der Waals surface area (Å²) in [5.41, 5.74) is 1.43. The maximum Gasteiger partial charge on any atom is 0.314 e. The molecule has 5 nitrogen and oxygen atoms in total. The van der Waals surface area contributed by atoms with Crippen LogP contribution in [0.5, 0.6) is 0 Å². The molecule has 0 saturated heterocycles. The molecule has 0 heterocycles. The lowest BCUT2D eigenvalue weighted by Crippen LogP contribution is -2.38. The molecule has 1 rings (SSSR count). The molecule has 0 fully saturated rings. The normalized spacial score (nSPS) is 15.9. The minimum absolute atomic E-state index is 0.0502. The topological polar surface area (TPSA) is 78.4 Å². The van der Waals surface area contributed by atoms with Crippen molar-refractivity contribution in [2.24, 2.45) is 5.92 Å². The van der Waals surface area contributed by atoms with E-state index < -0.39 is 5.97 Å². The number of carboxylic acids is 1. The van der Waals surface area contributed by atoms with Gasteiger partial charge in [0.1, 0.15) is 0 Å². The minimum Gasteiger partial charge on any atom is -0.481 e. The molecule has 0 aliphatic heterocycles. The van der Waals surface area contributed by atoms with Crippen molar-refractivity contribution >= 4 is 12.0 Å². The van der Waals surface area contributed by atoms with Crippen LogP contribution < -0.4 is 10.6 Å². The number of allylic oxidation sites excluding steroid dienone is 1. The Hall–Kier alpha value is -1.52. The molecule has 1 aliphatic rings. The van der Waals surface area contributed by atoms with Gasteiger partial charge < -0.3 is 15.7 Å². The number of hydrogen-bond acceptors (Lipinski definition) is 2. The van der Waals surface area contributed by atoms with Crippen molar-refractivity contribution in [3.05, 3.63) is 11.6 Å². The van der Waals surface area contributed by atoms with Gasteiger partial charge in [0.2, 0.25) is 0 Å². The summed E-state index contributed by atoms with van der Waals surface area (Å²) < 4.78 is 0. The van der Waals surface area contributed by atoms with Crippen molar-refractivity contribution in [1.82, 2.24) is 10.6 Å². The van der Waals surface area contributed by atoms with Gasteiger partial charge in [0.15, 0.2) is 0 Å². The second kappa shape index (κ2) is 7.74. The Balaban J connectivity index is 2.04. The van der Waals surface area contributed by atoms with Crippen LogP contribution in [-0.2, 0) is 4.79 Å². The quantitative estimate of drug-likeness (QED) is 0.607. The molecule has 102 valence electrons. The van der Waals surface area contributed by atoms with E-state index in [9.17, 15) is 9.59 Å². The Labute approximate surface area is 108 Å². The summed E-state index contributed by atoms with van der Waals surface area (Å²) in [6, 6.07) is -0.217. The van der Waals surface area contributed by atoms with Gasteiger partial charge in [-0.1, -0.05) is 18.6 Å². The molecule has 0 spiro atoms. The van der Waals surface area contributed by atoms with Crippen LogP contribution in [0.25, 0.3) is 0 Å². The first-order valence-corrected chi connectivity index (χ1v) is 6.49. The van der Waals surface area contributed by atoms with E-state index in [-0.39, 0.29) is 18.4 Å². The van der Waals surface area contributed by atoms with E-state index in [1.54, 1.807) is 6.92 Å². The number of carbonyl (C=O) groups excluding carboxylic acids is 1. The molecule has 5 heteroatoms. The van der Waals surface area contributed by atoms with Crippen LogP contribution in [0.15, 0.2) is 11.6 Å². The van der Waals surface area contributed by atoms with Crippen molar-refractivity contribution in [1.29, 1.82) is 0 Å². The van der Waals surface area contributed by atoms with Crippen LogP contribution in [0.2, 0.25) is 0 Å². The van der Waals surface area contributed by atoms with Gasteiger partial charge in [-0.15, -0.1) is 0 Å². The Bertz CT molecular complexity index is 326. The van der Waals surface area contributed by atoms with Crippen LogP contribution in [0.4, 0.5) is 4.79 Å². The van der Waals surface area contributed by atoms with E-state index in [2.05, 4.69) is 16.7 Å². The fourth-order valence-electron chi connectivity index (χ4n) is 2.00. The zero-order valence-electron chi connectivity index (χ0n) is 10.9. The Morgan fingerprint density at radius 1 is 1.44 bits per heavy atom. The van der Waals surface area contributed by atoms with E-state index in [0.717, 1.165) is 19.3 Å². The largest absolute Gasteiger partial charge is 0.481 e. The van der Waals surface area contributed by atoms with E-state index in [4.69, 9.17) is 5.11 Å². The average molecular weight is 254 g/mol. The molecule has 1 aliphatic carbocycles. The predicted octanol–water partition coefficient (Wildman–Crippen LogP) is 1.90. The molecule has 1 atom stereocenters. The highest BCUT2D eigenvalue weighted by molar-refractivity contribution is 5.74. The molecule has 0 aromatic rings. The molecule has 1 unspecified atom stereocenters. The highest BCUT2D eigenvalue weighted by Crippen LogP contribution is 2.19. The van der Waals surface area contributed by atoms with Gasteiger partial charge in [-0.25, -0.2) is 4.79 Å². The lowest BCUT2D eigenvalue weighted by Gasteiger charge is -2.11. The maximum absolute atomic E-state index is 11.4.